The van der Waals surface area contributed by atoms with E-state index in [9.17, 15) is 0 Å². The van der Waals surface area contributed by atoms with Crippen LogP contribution < -0.4 is 0 Å². The van der Waals surface area contributed by atoms with Crippen molar-refractivity contribution in [3.63, 3.8) is 0 Å². The Morgan fingerprint density at radius 1 is 0.765 bits per heavy atom. The van der Waals surface area contributed by atoms with Crippen LogP contribution in [0.25, 0.3) is 0 Å². The van der Waals surface area contributed by atoms with E-state index in [0.29, 0.717) is 47.7 Å². The Labute approximate surface area is 209 Å². The van der Waals surface area contributed by atoms with Crippen molar-refractivity contribution < 1.29 is 18.9 Å². The molecule has 0 bridgehead atoms. The molecule has 5 fully saturated rings. The van der Waals surface area contributed by atoms with E-state index in [1.54, 1.807) is 0 Å². The second-order valence-corrected chi connectivity index (χ2v) is 14.0. The molecule has 5 rings (SSSR count). The molecular weight excluding hydrogens is 424 g/mol. The minimum Gasteiger partial charge on any atom is -0.372 e. The Kier molecular flexibility index (Phi) is 6.97. The molecule has 12 atom stereocenters. The lowest BCUT2D eigenvalue weighted by Gasteiger charge is -2.55. The van der Waals surface area contributed by atoms with E-state index < -0.39 is 0 Å². The van der Waals surface area contributed by atoms with Gasteiger partial charge in [0.15, 0.2) is 0 Å². The lowest BCUT2D eigenvalue weighted by molar-refractivity contribution is -0.272. The van der Waals surface area contributed by atoms with Gasteiger partial charge in [0, 0.05) is 12.8 Å². The lowest BCUT2D eigenvalue weighted by atomic mass is 9.64. The van der Waals surface area contributed by atoms with Gasteiger partial charge in [0.1, 0.15) is 0 Å². The van der Waals surface area contributed by atoms with Crippen molar-refractivity contribution >= 4 is 0 Å². The smallest absolute Gasteiger partial charge is 0.0872 e. The van der Waals surface area contributed by atoms with Gasteiger partial charge in [-0.3, -0.25) is 0 Å². The highest BCUT2D eigenvalue weighted by atomic mass is 16.6. The van der Waals surface area contributed by atoms with Crippen LogP contribution in [0.1, 0.15) is 107 Å². The summed E-state index contributed by atoms with van der Waals surface area (Å²) in [7, 11) is 0. The predicted molar refractivity (Wildman–Crippen MR) is 136 cm³/mol. The molecule has 34 heavy (non-hydrogen) atoms. The molecule has 4 heterocycles. The number of hydrogen-bond donors (Lipinski definition) is 0. The Hall–Kier alpha value is -0.160. The van der Waals surface area contributed by atoms with Gasteiger partial charge in [0.2, 0.25) is 0 Å². The zero-order valence-electron chi connectivity index (χ0n) is 23.2. The van der Waals surface area contributed by atoms with Gasteiger partial charge < -0.3 is 18.9 Å². The molecule has 5 aliphatic rings. The van der Waals surface area contributed by atoms with Crippen LogP contribution >= 0.6 is 0 Å². The summed E-state index contributed by atoms with van der Waals surface area (Å²) in [5, 5.41) is 0. The van der Waals surface area contributed by atoms with Crippen LogP contribution in [0.5, 0.6) is 0 Å². The molecule has 0 aromatic carbocycles. The fraction of sp³-hybridized carbons (Fsp3) is 1.00. The summed E-state index contributed by atoms with van der Waals surface area (Å²) in [6, 6.07) is 0. The van der Waals surface area contributed by atoms with Gasteiger partial charge in [-0.2, -0.15) is 0 Å². The molecule has 1 spiro atoms. The fourth-order valence-electron chi connectivity index (χ4n) is 8.77. The molecule has 1 aliphatic carbocycles. The third-order valence-corrected chi connectivity index (χ3v) is 10.5. The van der Waals surface area contributed by atoms with Gasteiger partial charge in [-0.15, -0.1) is 0 Å². The molecule has 4 aliphatic heterocycles. The van der Waals surface area contributed by atoms with Gasteiger partial charge in [-0.25, -0.2) is 0 Å². The summed E-state index contributed by atoms with van der Waals surface area (Å²) in [6.45, 7) is 18.9. The quantitative estimate of drug-likeness (QED) is 0.438. The third-order valence-electron chi connectivity index (χ3n) is 10.5. The van der Waals surface area contributed by atoms with Crippen LogP contribution in [0.4, 0.5) is 0 Å². The van der Waals surface area contributed by atoms with Crippen molar-refractivity contribution in [1.82, 2.24) is 0 Å². The van der Waals surface area contributed by atoms with Crippen LogP contribution in [-0.4, -0.2) is 47.8 Å². The summed E-state index contributed by atoms with van der Waals surface area (Å²) in [5.41, 5.74) is 0.0241. The summed E-state index contributed by atoms with van der Waals surface area (Å²) in [6.07, 6.45) is 10.7. The van der Waals surface area contributed by atoms with Crippen molar-refractivity contribution in [2.75, 3.05) is 0 Å². The van der Waals surface area contributed by atoms with Gasteiger partial charge in [-0.05, 0) is 67.6 Å². The maximum atomic E-state index is 7.15. The summed E-state index contributed by atoms with van der Waals surface area (Å²) >= 11 is 0. The number of rotatable bonds is 5. The summed E-state index contributed by atoms with van der Waals surface area (Å²) in [5.74, 6) is 3.52. The second kappa shape index (κ2) is 9.30. The zero-order valence-corrected chi connectivity index (χ0v) is 23.2. The predicted octanol–water partition coefficient (Wildman–Crippen LogP) is 6.79. The molecule has 0 amide bonds. The fourth-order valence-corrected chi connectivity index (χ4v) is 8.77. The van der Waals surface area contributed by atoms with Gasteiger partial charge in [-0.1, -0.05) is 61.8 Å². The molecule has 0 aromatic heterocycles. The van der Waals surface area contributed by atoms with Crippen molar-refractivity contribution in [2.45, 2.75) is 155 Å². The Morgan fingerprint density at radius 2 is 1.44 bits per heavy atom. The van der Waals surface area contributed by atoms with E-state index in [1.165, 1.54) is 19.3 Å². The molecule has 0 radical (unpaired) electrons. The molecule has 0 aromatic rings. The maximum Gasteiger partial charge on any atom is 0.0872 e. The first-order valence-electron chi connectivity index (χ1n) is 14.7. The molecule has 4 nitrogen and oxygen atoms in total. The average Bonchev–Trinajstić information content (AvgIpc) is 3.33. The van der Waals surface area contributed by atoms with E-state index in [4.69, 9.17) is 18.9 Å². The number of ether oxygens (including phenoxy) is 4. The Morgan fingerprint density at radius 3 is 2.09 bits per heavy atom. The van der Waals surface area contributed by atoms with Crippen LogP contribution in [0.3, 0.4) is 0 Å². The summed E-state index contributed by atoms with van der Waals surface area (Å²) < 4.78 is 27.4. The van der Waals surface area contributed by atoms with E-state index in [2.05, 4.69) is 55.4 Å². The highest BCUT2D eigenvalue weighted by molar-refractivity contribution is 5.08. The maximum absolute atomic E-state index is 7.15. The van der Waals surface area contributed by atoms with E-state index in [-0.39, 0.29) is 35.6 Å². The minimum absolute atomic E-state index is 0.0136. The second-order valence-electron chi connectivity index (χ2n) is 14.0. The van der Waals surface area contributed by atoms with Gasteiger partial charge in [0.05, 0.1) is 47.8 Å². The standard InChI is InChI=1S/C30H52O4/c1-9-19(6)23-10-25-24(31-23)11-26-28(32-25)21(8)14-29(33-26)13-20(7)27-22(15-29)16-30(34-27,18(4)5)12-17(2)3/h17-28H,9-16H2,1-8H3/t19-,20-,21-,22-,23-,24+,25+,26-,27-,28-,29+,30-/m0/s1. The SMILES string of the molecule is CC[C@H](C)[C@@H]1C[C@H]2O[C@@H]3[C@H](C[C@H]2O1)O[C@@]1(C[C@H]2C[C@@](CC(C)C)(C(C)C)O[C@H]2[C@@H](C)C1)C[C@@H]3C. The minimum atomic E-state index is -0.0136. The Balaban J connectivity index is 1.31. The molecule has 4 saturated heterocycles. The topological polar surface area (TPSA) is 36.9 Å². The van der Waals surface area contributed by atoms with Crippen LogP contribution in [0, 0.1) is 35.5 Å². The highest BCUT2D eigenvalue weighted by Crippen LogP contribution is 2.57. The average molecular weight is 477 g/mol. The van der Waals surface area contributed by atoms with Crippen molar-refractivity contribution in [3.8, 4) is 0 Å². The van der Waals surface area contributed by atoms with Crippen molar-refractivity contribution in [2.24, 2.45) is 35.5 Å². The molecule has 196 valence electrons. The third kappa shape index (κ3) is 4.41. The molecule has 4 heteroatoms. The molecule has 0 N–H and O–H groups in total. The van der Waals surface area contributed by atoms with Crippen molar-refractivity contribution in [1.29, 1.82) is 0 Å². The molecule has 1 saturated carbocycles. The normalized spacial score (nSPS) is 51.5. The number of hydrogen-bond acceptors (Lipinski definition) is 4. The Bertz CT molecular complexity index is 723. The number of fused-ring (bicyclic) bond motifs is 3. The van der Waals surface area contributed by atoms with Gasteiger partial charge in [0.25, 0.3) is 0 Å². The largest absolute Gasteiger partial charge is 0.372 e. The first-order chi connectivity index (χ1) is 16.0. The first-order valence-corrected chi connectivity index (χ1v) is 14.7. The van der Waals surface area contributed by atoms with E-state index in [0.717, 1.165) is 32.1 Å². The highest BCUT2D eigenvalue weighted by Gasteiger charge is 2.60. The van der Waals surface area contributed by atoms with Crippen LogP contribution in [0.15, 0.2) is 0 Å². The zero-order chi connectivity index (χ0) is 24.4. The van der Waals surface area contributed by atoms with Crippen molar-refractivity contribution in [3.05, 3.63) is 0 Å². The monoisotopic (exact) mass is 476 g/mol. The van der Waals surface area contributed by atoms with E-state index >= 15 is 0 Å². The molecule has 0 unspecified atom stereocenters. The van der Waals surface area contributed by atoms with Gasteiger partial charge >= 0.3 is 0 Å². The van der Waals surface area contributed by atoms with E-state index in [1.807, 2.05) is 0 Å². The molecular formula is C30H52O4. The van der Waals surface area contributed by atoms with Crippen LogP contribution in [0.2, 0.25) is 0 Å². The van der Waals surface area contributed by atoms with Crippen LogP contribution in [-0.2, 0) is 18.9 Å². The first kappa shape index (κ1) is 25.5. The lowest BCUT2D eigenvalue weighted by Crippen LogP contribution is -2.60. The summed E-state index contributed by atoms with van der Waals surface area (Å²) in [4.78, 5) is 0.